The number of H-pyrrole nitrogens is 1. The van der Waals surface area contributed by atoms with Crippen LogP contribution in [-0.2, 0) is 37.4 Å². The molecule has 246 valence electrons. The average Bonchev–Trinajstić information content (AvgIpc) is 3.56. The van der Waals surface area contributed by atoms with E-state index in [0.717, 1.165) is 39.4 Å². The largest absolute Gasteiger partial charge is 0.481 e. The number of hydrogen-bond acceptors (Lipinski definition) is 7. The molecule has 1 unspecified atom stereocenters. The van der Waals surface area contributed by atoms with E-state index in [9.17, 15) is 34.5 Å². The van der Waals surface area contributed by atoms with Crippen LogP contribution in [0.15, 0.2) is 46.0 Å². The third-order valence-corrected chi connectivity index (χ3v) is 10.7. The molecule has 0 spiro atoms. The van der Waals surface area contributed by atoms with Crippen LogP contribution in [0.5, 0.6) is 0 Å². The fourth-order valence-electron chi connectivity index (χ4n) is 6.84. The molecular formula is C33H42N5O7S+. The Balaban J connectivity index is 1.53. The second kappa shape index (κ2) is 13.2. The smallest absolute Gasteiger partial charge is 0.303 e. The normalized spacial score (nSPS) is 28.4. The minimum atomic E-state index is -1.08. The number of hydrogen-bond donors (Lipinski definition) is 8. The second-order valence-electron chi connectivity index (χ2n) is 12.4. The summed E-state index contributed by atoms with van der Waals surface area (Å²) in [6.45, 7) is 7.44. The van der Waals surface area contributed by atoms with Gasteiger partial charge in [0.15, 0.2) is 11.0 Å². The standard InChI is InChI=1S/C33H41N5O7S/c1-14-18(5-7-26(39)40)22(35-21(14)11-24-28(25-13-46-25)17(4)32(44)37-24)12-23-19(6-8-27(41)42)15(2)29(36-23)31(43)30-16(3)20(9-10-34)33(45)38-30/h9-12,17,25,28-31,35-36,43H,5-8,13,34H2,1-4H3,(H,37,44)(H,38,45)(H,39,40)(H,41,42)/p+1/b10-9?,23-12-,24-11-/t17-,25-,28-,29?,30+,31-/m1/s1. The molecule has 2 fully saturated rings. The number of aromatic amines is 1. The van der Waals surface area contributed by atoms with Crippen molar-refractivity contribution in [2.45, 2.75) is 76.8 Å². The summed E-state index contributed by atoms with van der Waals surface area (Å²) in [5.74, 6) is -1.22. The van der Waals surface area contributed by atoms with Crippen molar-refractivity contribution >= 4 is 47.7 Å². The lowest BCUT2D eigenvalue weighted by Crippen LogP contribution is -2.49. The number of aliphatic hydroxyl groups is 1. The number of aliphatic hydroxyl groups excluding tert-OH is 1. The molecule has 5 rings (SSSR count). The van der Waals surface area contributed by atoms with Crippen LogP contribution < -0.4 is 21.7 Å². The van der Waals surface area contributed by atoms with Gasteiger partial charge in [-0.05, 0) is 97.6 Å². The van der Waals surface area contributed by atoms with E-state index in [1.807, 2.05) is 32.9 Å². The third kappa shape index (κ3) is 6.52. The van der Waals surface area contributed by atoms with Gasteiger partial charge in [0.25, 0.3) is 5.91 Å². The average molecular weight is 653 g/mol. The Kier molecular flexibility index (Phi) is 9.54. The summed E-state index contributed by atoms with van der Waals surface area (Å²) < 4.78 is 0. The molecule has 13 heteroatoms. The molecule has 46 heavy (non-hydrogen) atoms. The molecule has 12 nitrogen and oxygen atoms in total. The van der Waals surface area contributed by atoms with Crippen molar-refractivity contribution in [3.05, 3.63) is 68.5 Å². The van der Waals surface area contributed by atoms with Crippen LogP contribution in [0.1, 0.15) is 62.5 Å². The van der Waals surface area contributed by atoms with Gasteiger partial charge in [0, 0.05) is 47.1 Å². The number of rotatable bonds is 12. The lowest BCUT2D eigenvalue weighted by molar-refractivity contribution is -0.138. The number of aromatic nitrogens is 1. The van der Waals surface area contributed by atoms with Crippen LogP contribution in [0.4, 0.5) is 0 Å². The number of carboxylic acid groups (broad SMARTS) is 2. The third-order valence-electron chi connectivity index (χ3n) is 9.55. The minimum absolute atomic E-state index is 0.00542. The van der Waals surface area contributed by atoms with Gasteiger partial charge in [0.1, 0.15) is 6.10 Å². The maximum atomic E-state index is 12.6. The van der Waals surface area contributed by atoms with E-state index in [2.05, 4.69) is 20.9 Å². The predicted molar refractivity (Wildman–Crippen MR) is 176 cm³/mol. The maximum Gasteiger partial charge on any atom is 0.303 e. The Morgan fingerprint density at radius 3 is 2.28 bits per heavy atom. The summed E-state index contributed by atoms with van der Waals surface area (Å²) in [4.78, 5) is 51.8. The fraction of sp³-hybridized carbons (Fsp3) is 0.455. The number of carbonyl (C=O) groups is 4. The van der Waals surface area contributed by atoms with Gasteiger partial charge in [-0.2, -0.15) is 0 Å². The van der Waals surface area contributed by atoms with Gasteiger partial charge in [0.05, 0.1) is 18.0 Å². The van der Waals surface area contributed by atoms with E-state index in [1.54, 1.807) is 6.92 Å². The number of nitrogens with one attached hydrogen (secondary N) is 4. The number of thiol groups is 1. The number of amides is 2. The van der Waals surface area contributed by atoms with E-state index in [0.29, 0.717) is 27.8 Å². The molecule has 0 aliphatic carbocycles. The second-order valence-corrected chi connectivity index (χ2v) is 13.8. The highest BCUT2D eigenvalue weighted by Crippen LogP contribution is 2.39. The minimum Gasteiger partial charge on any atom is -0.481 e. The molecular weight excluding hydrogens is 610 g/mol. The van der Waals surface area contributed by atoms with Crippen LogP contribution >= 0.6 is 0 Å². The molecule has 0 aromatic carbocycles. The lowest BCUT2D eigenvalue weighted by atomic mass is 9.91. The molecule has 0 radical (unpaired) electrons. The van der Waals surface area contributed by atoms with Gasteiger partial charge in [-0.3, -0.25) is 19.2 Å². The Morgan fingerprint density at radius 1 is 1.00 bits per heavy atom. The molecule has 4 aliphatic rings. The van der Waals surface area contributed by atoms with E-state index in [1.165, 1.54) is 24.0 Å². The SMILES string of the molecule is CC1=C(CCC(=O)O)/C(=C/c2[nH]c(/C=C3\NC(=O)[C@H](C)[C@H]3[C@H]3C[SH+]3)c(C)c2CCC(=O)O)NC1[C@@H](O)[C@H]1NC(=O)C(C=CN)=C1C. The highest BCUT2D eigenvalue weighted by molar-refractivity contribution is 7.86. The molecule has 0 saturated carbocycles. The van der Waals surface area contributed by atoms with Crippen LogP contribution in [0.25, 0.3) is 12.2 Å². The summed E-state index contributed by atoms with van der Waals surface area (Å²) in [5, 5.41) is 40.2. The molecule has 6 atom stereocenters. The molecule has 1 aromatic rings. The quantitative estimate of drug-likeness (QED) is 0.0932. The topological polar surface area (TPSA) is 207 Å². The fourth-order valence-corrected chi connectivity index (χ4v) is 7.84. The maximum absolute atomic E-state index is 12.6. The Labute approximate surface area is 271 Å². The molecule has 1 aromatic heterocycles. The first-order valence-corrected chi connectivity index (χ1v) is 16.6. The Morgan fingerprint density at radius 2 is 1.65 bits per heavy atom. The summed E-state index contributed by atoms with van der Waals surface area (Å²) in [6.07, 6.45) is 5.70. The lowest BCUT2D eigenvalue weighted by Gasteiger charge is -2.27. The van der Waals surface area contributed by atoms with Crippen LogP contribution in [-0.4, -0.2) is 73.2 Å². The molecule has 9 N–H and O–H groups in total. The van der Waals surface area contributed by atoms with E-state index < -0.39 is 30.1 Å². The first kappa shape index (κ1) is 33.1. The number of carboxylic acids is 2. The van der Waals surface area contributed by atoms with Gasteiger partial charge >= 0.3 is 11.9 Å². The monoisotopic (exact) mass is 652 g/mol. The zero-order valence-electron chi connectivity index (χ0n) is 26.3. The van der Waals surface area contributed by atoms with E-state index >= 15 is 0 Å². The molecule has 2 amide bonds. The number of nitrogens with two attached hydrogens (primary N) is 1. The summed E-state index contributed by atoms with van der Waals surface area (Å²) in [7, 11) is 0. The van der Waals surface area contributed by atoms with Gasteiger partial charge in [0.2, 0.25) is 5.91 Å². The molecule has 5 heterocycles. The number of aliphatic carboxylic acids is 2. The van der Waals surface area contributed by atoms with Crippen LogP contribution in [0.2, 0.25) is 0 Å². The molecule has 0 bridgehead atoms. The Bertz CT molecular complexity index is 1630. The number of allylic oxidation sites excluding steroid dienone is 2. The van der Waals surface area contributed by atoms with Crippen molar-refractivity contribution in [2.24, 2.45) is 17.6 Å². The van der Waals surface area contributed by atoms with Crippen molar-refractivity contribution in [1.82, 2.24) is 20.9 Å². The van der Waals surface area contributed by atoms with Gasteiger partial charge < -0.3 is 42.0 Å². The van der Waals surface area contributed by atoms with Crippen LogP contribution in [0.3, 0.4) is 0 Å². The zero-order chi connectivity index (χ0) is 33.4. The predicted octanol–water partition coefficient (Wildman–Crippen LogP) is 1.40. The summed E-state index contributed by atoms with van der Waals surface area (Å²) in [6, 6.07) is -1.32. The van der Waals surface area contributed by atoms with Crippen molar-refractivity contribution < 1.29 is 34.5 Å². The summed E-state index contributed by atoms with van der Waals surface area (Å²) >= 11 is 1.33. The van der Waals surface area contributed by atoms with Gasteiger partial charge in [-0.15, -0.1) is 0 Å². The number of carbonyl (C=O) groups excluding carboxylic acids is 2. The highest BCUT2D eigenvalue weighted by Gasteiger charge is 2.52. The van der Waals surface area contributed by atoms with Gasteiger partial charge in [-0.1, -0.05) is 6.92 Å². The highest BCUT2D eigenvalue weighted by atomic mass is 32.2. The first-order valence-electron chi connectivity index (χ1n) is 15.4. The first-order chi connectivity index (χ1) is 21.8. The van der Waals surface area contributed by atoms with Crippen molar-refractivity contribution in [1.29, 1.82) is 0 Å². The molecule has 2 saturated heterocycles. The van der Waals surface area contributed by atoms with E-state index in [-0.39, 0.29) is 49.3 Å². The van der Waals surface area contributed by atoms with Crippen molar-refractivity contribution in [3.63, 3.8) is 0 Å². The van der Waals surface area contributed by atoms with Crippen molar-refractivity contribution in [2.75, 3.05) is 5.75 Å². The zero-order valence-corrected chi connectivity index (χ0v) is 27.2. The molecule has 4 aliphatic heterocycles. The van der Waals surface area contributed by atoms with Crippen molar-refractivity contribution in [3.8, 4) is 0 Å². The van der Waals surface area contributed by atoms with Gasteiger partial charge in [-0.25, -0.2) is 0 Å². The van der Waals surface area contributed by atoms with E-state index in [4.69, 9.17) is 5.73 Å². The van der Waals surface area contributed by atoms with Crippen LogP contribution in [0, 0.1) is 18.8 Å². The summed E-state index contributed by atoms with van der Waals surface area (Å²) in [5.41, 5.74) is 12.5. The Hall–Kier alpha value is -4.23.